The fourth-order valence-corrected chi connectivity index (χ4v) is 1.85. The lowest BCUT2D eigenvalue weighted by molar-refractivity contribution is -0.125. The molecule has 0 spiro atoms. The van der Waals surface area contributed by atoms with E-state index in [0.717, 1.165) is 16.9 Å². The number of carbonyl (C=O) groups is 2. The Labute approximate surface area is 137 Å². The number of ether oxygens (including phenoxy) is 1. The smallest absolute Gasteiger partial charge is 0.239 e. The first kappa shape index (κ1) is 20.2. The Morgan fingerprint density at radius 1 is 1.23 bits per heavy atom. The summed E-state index contributed by atoms with van der Waals surface area (Å²) < 4.78 is 5.75. The third-order valence-corrected chi connectivity index (χ3v) is 2.93. The molecule has 0 aliphatic rings. The van der Waals surface area contributed by atoms with Crippen LogP contribution in [0.3, 0.4) is 0 Å². The number of amides is 2. The maximum Gasteiger partial charge on any atom is 0.239 e. The number of benzene rings is 1. The van der Waals surface area contributed by atoms with Crippen molar-refractivity contribution in [3.8, 4) is 5.75 Å². The molecule has 0 radical (unpaired) electrons. The Morgan fingerprint density at radius 3 is 2.36 bits per heavy atom. The Kier molecular flexibility index (Phi) is 9.21. The zero-order valence-corrected chi connectivity index (χ0v) is 14.0. The van der Waals surface area contributed by atoms with Crippen molar-refractivity contribution < 1.29 is 14.3 Å². The lowest BCUT2D eigenvalue weighted by Gasteiger charge is -2.17. The fourth-order valence-electron chi connectivity index (χ4n) is 1.85. The second-order valence-electron chi connectivity index (χ2n) is 4.98. The summed E-state index contributed by atoms with van der Waals surface area (Å²) in [5.41, 5.74) is 7.25. The highest BCUT2D eigenvalue weighted by Gasteiger charge is 2.10. The second kappa shape index (κ2) is 10.0. The molecule has 1 aromatic carbocycles. The van der Waals surface area contributed by atoms with Gasteiger partial charge < -0.3 is 21.1 Å². The van der Waals surface area contributed by atoms with E-state index in [0.29, 0.717) is 6.61 Å². The van der Waals surface area contributed by atoms with Gasteiger partial charge in [-0.25, -0.2) is 0 Å². The van der Waals surface area contributed by atoms with E-state index in [9.17, 15) is 9.59 Å². The lowest BCUT2D eigenvalue weighted by atomic mass is 10.1. The van der Waals surface area contributed by atoms with Gasteiger partial charge in [0, 0.05) is 0 Å². The Bertz CT molecular complexity index is 489. The maximum absolute atomic E-state index is 11.6. The van der Waals surface area contributed by atoms with E-state index in [1.54, 1.807) is 0 Å². The molecule has 0 saturated heterocycles. The molecular weight excluding hydrogens is 306 g/mol. The monoisotopic (exact) mass is 329 g/mol. The first-order chi connectivity index (χ1) is 9.93. The summed E-state index contributed by atoms with van der Waals surface area (Å²) in [6.07, 6.45) is 0. The highest BCUT2D eigenvalue weighted by Crippen LogP contribution is 2.22. The van der Waals surface area contributed by atoms with Gasteiger partial charge in [-0.15, -0.1) is 12.4 Å². The van der Waals surface area contributed by atoms with E-state index in [-0.39, 0.29) is 43.4 Å². The second-order valence-corrected chi connectivity index (χ2v) is 4.98. The van der Waals surface area contributed by atoms with Crippen molar-refractivity contribution in [3.05, 3.63) is 29.3 Å². The number of para-hydroxylation sites is 1. The summed E-state index contributed by atoms with van der Waals surface area (Å²) in [6, 6.07) is 5.77. The molecule has 6 nitrogen and oxygen atoms in total. The molecule has 0 aliphatic carbocycles. The van der Waals surface area contributed by atoms with Crippen LogP contribution in [-0.2, 0) is 9.59 Å². The van der Waals surface area contributed by atoms with Crippen LogP contribution in [0.1, 0.15) is 18.1 Å². The van der Waals surface area contributed by atoms with Crippen molar-refractivity contribution in [1.29, 1.82) is 0 Å². The number of rotatable bonds is 7. The van der Waals surface area contributed by atoms with Crippen molar-refractivity contribution in [2.45, 2.75) is 26.8 Å². The van der Waals surface area contributed by atoms with Crippen molar-refractivity contribution in [3.63, 3.8) is 0 Å². The van der Waals surface area contributed by atoms with Gasteiger partial charge >= 0.3 is 0 Å². The molecule has 1 rings (SSSR count). The van der Waals surface area contributed by atoms with Crippen LogP contribution >= 0.6 is 12.4 Å². The normalized spacial score (nSPS) is 11.1. The molecule has 7 heteroatoms. The third kappa shape index (κ3) is 6.78. The Morgan fingerprint density at radius 2 is 1.82 bits per heavy atom. The number of halogens is 1. The number of hydrogen-bond donors (Lipinski definition) is 3. The van der Waals surface area contributed by atoms with E-state index in [2.05, 4.69) is 10.6 Å². The van der Waals surface area contributed by atoms with E-state index < -0.39 is 0 Å². The Hall–Kier alpha value is -1.79. The molecule has 0 aliphatic heterocycles. The largest absolute Gasteiger partial charge is 0.491 e. The summed E-state index contributed by atoms with van der Waals surface area (Å²) in [4.78, 5) is 22.5. The van der Waals surface area contributed by atoms with E-state index in [4.69, 9.17) is 10.5 Å². The molecule has 0 fully saturated rings. The van der Waals surface area contributed by atoms with E-state index in [1.165, 1.54) is 0 Å². The van der Waals surface area contributed by atoms with Crippen LogP contribution in [0.5, 0.6) is 5.75 Å². The van der Waals surface area contributed by atoms with Gasteiger partial charge in [-0.05, 0) is 31.9 Å². The van der Waals surface area contributed by atoms with Gasteiger partial charge in [0.05, 0.1) is 19.1 Å². The van der Waals surface area contributed by atoms with Gasteiger partial charge in [0.2, 0.25) is 11.8 Å². The molecular formula is C15H24ClN3O3. The van der Waals surface area contributed by atoms with Crippen LogP contribution in [0, 0.1) is 13.8 Å². The van der Waals surface area contributed by atoms with Gasteiger partial charge in [0.15, 0.2) is 0 Å². The quantitative estimate of drug-likeness (QED) is 0.686. The lowest BCUT2D eigenvalue weighted by Crippen LogP contribution is -2.44. The highest BCUT2D eigenvalue weighted by atomic mass is 35.5. The van der Waals surface area contributed by atoms with E-state index >= 15 is 0 Å². The van der Waals surface area contributed by atoms with Crippen LogP contribution in [0.25, 0.3) is 0 Å². The van der Waals surface area contributed by atoms with Crippen molar-refractivity contribution >= 4 is 24.2 Å². The highest BCUT2D eigenvalue weighted by molar-refractivity contribution is 5.85. The van der Waals surface area contributed by atoms with Crippen LogP contribution in [0.2, 0.25) is 0 Å². The van der Waals surface area contributed by atoms with Crippen molar-refractivity contribution in [2.24, 2.45) is 5.73 Å². The fraction of sp³-hybridized carbons (Fsp3) is 0.467. The number of aryl methyl sites for hydroxylation is 2. The summed E-state index contributed by atoms with van der Waals surface area (Å²) in [5, 5.41) is 5.16. The van der Waals surface area contributed by atoms with Gasteiger partial charge in [0.1, 0.15) is 12.4 Å². The van der Waals surface area contributed by atoms with Gasteiger partial charge in [-0.2, -0.15) is 0 Å². The Balaban J connectivity index is 0.00000441. The minimum absolute atomic E-state index is 0. The van der Waals surface area contributed by atoms with E-state index in [1.807, 2.05) is 39.0 Å². The number of nitrogens with one attached hydrogen (secondary N) is 2. The molecule has 4 N–H and O–H groups in total. The molecule has 1 aromatic rings. The minimum Gasteiger partial charge on any atom is -0.491 e. The average Bonchev–Trinajstić information content (AvgIpc) is 2.44. The van der Waals surface area contributed by atoms with Crippen LogP contribution in [0.4, 0.5) is 0 Å². The van der Waals surface area contributed by atoms with Crippen LogP contribution in [0.15, 0.2) is 18.2 Å². The van der Waals surface area contributed by atoms with Crippen molar-refractivity contribution in [2.75, 3.05) is 19.7 Å². The number of carbonyl (C=O) groups excluding carboxylic acids is 2. The summed E-state index contributed by atoms with van der Waals surface area (Å²) in [6.45, 7) is 5.96. The topological polar surface area (TPSA) is 93.5 Å². The SMILES string of the molecule is Cc1cccc(C)c1OCC(C)NC(=O)CNC(=O)CN.Cl. The number of hydrogen-bond acceptors (Lipinski definition) is 4. The molecule has 0 heterocycles. The summed E-state index contributed by atoms with van der Waals surface area (Å²) in [7, 11) is 0. The zero-order valence-electron chi connectivity index (χ0n) is 13.1. The minimum atomic E-state index is -0.357. The first-order valence-electron chi connectivity index (χ1n) is 6.89. The maximum atomic E-state index is 11.6. The zero-order chi connectivity index (χ0) is 15.8. The van der Waals surface area contributed by atoms with Crippen LogP contribution < -0.4 is 21.1 Å². The third-order valence-electron chi connectivity index (χ3n) is 2.93. The molecule has 22 heavy (non-hydrogen) atoms. The predicted molar refractivity (Wildman–Crippen MR) is 88.3 cm³/mol. The number of nitrogens with two attached hydrogens (primary N) is 1. The molecule has 1 unspecified atom stereocenters. The standard InChI is InChI=1S/C15H23N3O3.ClH/c1-10-5-4-6-11(2)15(10)21-9-12(3)18-14(20)8-17-13(19)7-16;/h4-6,12H,7-9,16H2,1-3H3,(H,17,19)(H,18,20);1H. The van der Waals surface area contributed by atoms with Gasteiger partial charge in [-0.3, -0.25) is 9.59 Å². The molecule has 0 bridgehead atoms. The molecule has 0 aromatic heterocycles. The van der Waals surface area contributed by atoms with Gasteiger partial charge in [0.25, 0.3) is 0 Å². The molecule has 1 atom stereocenters. The van der Waals surface area contributed by atoms with Crippen LogP contribution in [-0.4, -0.2) is 37.6 Å². The molecule has 2 amide bonds. The summed E-state index contributed by atoms with van der Waals surface area (Å²) in [5.74, 6) is 0.217. The summed E-state index contributed by atoms with van der Waals surface area (Å²) >= 11 is 0. The first-order valence-corrected chi connectivity index (χ1v) is 6.89. The predicted octanol–water partition coefficient (Wildman–Crippen LogP) is 0.684. The van der Waals surface area contributed by atoms with Crippen molar-refractivity contribution in [1.82, 2.24) is 10.6 Å². The molecule has 124 valence electrons. The molecule has 0 saturated carbocycles. The van der Waals surface area contributed by atoms with Gasteiger partial charge in [-0.1, -0.05) is 18.2 Å². The average molecular weight is 330 g/mol.